The molecule has 4 nitrogen and oxygen atoms in total. The van der Waals surface area contributed by atoms with Crippen LogP contribution in [-0.2, 0) is 4.79 Å². The first kappa shape index (κ1) is 14.1. The molecule has 4 heteroatoms. The van der Waals surface area contributed by atoms with Gasteiger partial charge in [-0.3, -0.25) is 4.79 Å². The molecule has 0 aromatic heterocycles. The molecule has 2 aliphatic rings. The molecule has 3 rings (SSSR count). The molecule has 1 amide bonds. The highest BCUT2D eigenvalue weighted by atomic mass is 16.4. The lowest BCUT2D eigenvalue weighted by Gasteiger charge is -2.33. The van der Waals surface area contributed by atoms with Gasteiger partial charge in [0.2, 0.25) is 5.91 Å². The topological polar surface area (TPSA) is 52.9 Å². The second kappa shape index (κ2) is 5.88. The minimum Gasteiger partial charge on any atom is -0.411 e. The fourth-order valence-corrected chi connectivity index (χ4v) is 3.38. The molecule has 2 fully saturated rings. The summed E-state index contributed by atoms with van der Waals surface area (Å²) in [7, 11) is 0. The first-order valence-electron chi connectivity index (χ1n) is 7.79. The average molecular weight is 286 g/mol. The van der Waals surface area contributed by atoms with Crippen LogP contribution in [0.25, 0.3) is 0 Å². The number of benzene rings is 1. The molecular formula is C17H22N2O2. The predicted molar refractivity (Wildman–Crippen MR) is 81.5 cm³/mol. The van der Waals surface area contributed by atoms with E-state index in [0.29, 0.717) is 25.4 Å². The van der Waals surface area contributed by atoms with Crippen LogP contribution < -0.4 is 0 Å². The van der Waals surface area contributed by atoms with Gasteiger partial charge in [0.1, 0.15) is 0 Å². The van der Waals surface area contributed by atoms with Gasteiger partial charge in [-0.1, -0.05) is 42.4 Å². The van der Waals surface area contributed by atoms with Gasteiger partial charge < -0.3 is 10.1 Å². The summed E-state index contributed by atoms with van der Waals surface area (Å²) in [6.07, 6.45) is 2.58. The molecule has 1 aromatic carbocycles. The smallest absolute Gasteiger partial charge is 0.226 e. The van der Waals surface area contributed by atoms with Crippen molar-refractivity contribution in [3.8, 4) is 0 Å². The number of hydrogen-bond donors (Lipinski definition) is 1. The molecule has 112 valence electrons. The first-order valence-corrected chi connectivity index (χ1v) is 7.79. The van der Waals surface area contributed by atoms with Gasteiger partial charge >= 0.3 is 0 Å². The molecule has 1 aromatic rings. The van der Waals surface area contributed by atoms with Crippen molar-refractivity contribution in [3.05, 3.63) is 35.9 Å². The minimum atomic E-state index is 0.150. The van der Waals surface area contributed by atoms with Crippen molar-refractivity contribution in [1.29, 1.82) is 0 Å². The predicted octanol–water partition coefficient (Wildman–Crippen LogP) is 2.88. The van der Waals surface area contributed by atoms with Gasteiger partial charge in [0.25, 0.3) is 0 Å². The summed E-state index contributed by atoms with van der Waals surface area (Å²) in [6.45, 7) is 3.47. The lowest BCUT2D eigenvalue weighted by atomic mass is 9.93. The third-order valence-electron chi connectivity index (χ3n) is 4.82. The zero-order valence-corrected chi connectivity index (χ0v) is 12.4. The van der Waals surface area contributed by atoms with E-state index in [1.54, 1.807) is 0 Å². The summed E-state index contributed by atoms with van der Waals surface area (Å²) in [4.78, 5) is 14.6. The summed E-state index contributed by atoms with van der Waals surface area (Å²) < 4.78 is 0. The second-order valence-electron chi connectivity index (χ2n) is 6.09. The molecule has 3 atom stereocenters. The van der Waals surface area contributed by atoms with Crippen LogP contribution in [0.1, 0.15) is 37.7 Å². The van der Waals surface area contributed by atoms with Gasteiger partial charge in [-0.15, -0.1) is 0 Å². The van der Waals surface area contributed by atoms with Crippen LogP contribution in [0.4, 0.5) is 0 Å². The molecule has 1 saturated heterocycles. The molecular weight excluding hydrogens is 264 g/mol. The van der Waals surface area contributed by atoms with E-state index in [2.05, 4.69) is 24.2 Å². The Morgan fingerprint density at radius 1 is 1.38 bits per heavy atom. The zero-order chi connectivity index (χ0) is 14.8. The van der Waals surface area contributed by atoms with E-state index < -0.39 is 0 Å². The molecule has 21 heavy (non-hydrogen) atoms. The largest absolute Gasteiger partial charge is 0.411 e. The normalized spacial score (nSPS) is 30.4. The first-order chi connectivity index (χ1) is 10.2. The fourth-order valence-electron chi connectivity index (χ4n) is 3.38. The molecule has 3 unspecified atom stereocenters. The van der Waals surface area contributed by atoms with Crippen molar-refractivity contribution in [2.45, 2.75) is 32.1 Å². The number of likely N-dealkylation sites (tertiary alicyclic amines) is 1. The third kappa shape index (κ3) is 2.80. The van der Waals surface area contributed by atoms with E-state index in [9.17, 15) is 4.79 Å². The number of rotatable bonds is 3. The average Bonchev–Trinajstić information content (AvgIpc) is 3.35. The highest BCUT2D eigenvalue weighted by Crippen LogP contribution is 2.48. The van der Waals surface area contributed by atoms with Gasteiger partial charge in [0.05, 0.1) is 5.71 Å². The van der Waals surface area contributed by atoms with E-state index in [-0.39, 0.29) is 17.7 Å². The van der Waals surface area contributed by atoms with Crippen molar-refractivity contribution in [2.75, 3.05) is 13.1 Å². The molecule has 1 N–H and O–H groups in total. The quantitative estimate of drug-likeness (QED) is 0.686. The lowest BCUT2D eigenvalue weighted by Crippen LogP contribution is -2.44. The molecule has 1 aliphatic heterocycles. The Balaban J connectivity index is 1.63. The standard InChI is InChI=1S/C17H22N2O2/c1-2-12-11-19(9-8-16(12)18-21)17(20)15-10-14(15)13-6-4-3-5-7-13/h3-7,12,14-15,21H,2,8-11H2,1H3/b18-16+. The number of carbonyl (C=O) groups is 1. The Morgan fingerprint density at radius 3 is 2.81 bits per heavy atom. The maximum Gasteiger partial charge on any atom is 0.226 e. The molecule has 0 radical (unpaired) electrons. The number of amides is 1. The van der Waals surface area contributed by atoms with Gasteiger partial charge in [-0.05, 0) is 24.3 Å². The van der Waals surface area contributed by atoms with E-state index in [1.165, 1.54) is 5.56 Å². The van der Waals surface area contributed by atoms with Crippen LogP contribution in [0.5, 0.6) is 0 Å². The van der Waals surface area contributed by atoms with Crippen LogP contribution in [-0.4, -0.2) is 34.8 Å². The van der Waals surface area contributed by atoms with Crippen LogP contribution in [0.2, 0.25) is 0 Å². The summed E-state index contributed by atoms with van der Waals surface area (Å²) in [5.74, 6) is 1.03. The number of oxime groups is 1. The summed E-state index contributed by atoms with van der Waals surface area (Å²) in [5.41, 5.74) is 2.12. The van der Waals surface area contributed by atoms with Crippen molar-refractivity contribution < 1.29 is 10.0 Å². The van der Waals surface area contributed by atoms with Crippen LogP contribution in [0.15, 0.2) is 35.5 Å². The monoisotopic (exact) mass is 286 g/mol. The highest BCUT2D eigenvalue weighted by molar-refractivity contribution is 5.90. The Bertz CT molecular complexity index is 541. The van der Waals surface area contributed by atoms with Crippen molar-refractivity contribution in [2.24, 2.45) is 17.0 Å². The van der Waals surface area contributed by atoms with Crippen molar-refractivity contribution >= 4 is 11.6 Å². The van der Waals surface area contributed by atoms with Gasteiger partial charge in [0.15, 0.2) is 0 Å². The zero-order valence-electron chi connectivity index (χ0n) is 12.4. The number of nitrogens with zero attached hydrogens (tertiary/aromatic N) is 2. The van der Waals surface area contributed by atoms with E-state index in [4.69, 9.17) is 5.21 Å². The van der Waals surface area contributed by atoms with Gasteiger partial charge in [-0.25, -0.2) is 0 Å². The van der Waals surface area contributed by atoms with E-state index >= 15 is 0 Å². The van der Waals surface area contributed by atoms with Crippen molar-refractivity contribution in [1.82, 2.24) is 4.90 Å². The van der Waals surface area contributed by atoms with E-state index in [0.717, 1.165) is 18.6 Å². The molecule has 1 aliphatic carbocycles. The highest BCUT2D eigenvalue weighted by Gasteiger charge is 2.46. The summed E-state index contributed by atoms with van der Waals surface area (Å²) >= 11 is 0. The van der Waals surface area contributed by atoms with Crippen LogP contribution in [0, 0.1) is 11.8 Å². The fraction of sp³-hybridized carbons (Fsp3) is 0.529. The summed E-state index contributed by atoms with van der Waals surface area (Å²) in [5, 5.41) is 12.4. The Kier molecular flexibility index (Phi) is 3.95. The number of hydrogen-bond acceptors (Lipinski definition) is 3. The second-order valence-corrected chi connectivity index (χ2v) is 6.09. The molecule has 1 heterocycles. The molecule has 1 saturated carbocycles. The third-order valence-corrected chi connectivity index (χ3v) is 4.82. The Hall–Kier alpha value is -1.84. The maximum absolute atomic E-state index is 12.6. The number of carbonyl (C=O) groups excluding carboxylic acids is 1. The summed E-state index contributed by atoms with van der Waals surface area (Å²) in [6, 6.07) is 10.3. The molecule has 0 bridgehead atoms. The van der Waals surface area contributed by atoms with Crippen molar-refractivity contribution in [3.63, 3.8) is 0 Å². The minimum absolute atomic E-state index is 0.150. The maximum atomic E-state index is 12.6. The Labute approximate surface area is 125 Å². The van der Waals surface area contributed by atoms with Crippen LogP contribution in [0.3, 0.4) is 0 Å². The van der Waals surface area contributed by atoms with Gasteiger partial charge in [0, 0.05) is 31.3 Å². The number of piperidine rings is 1. The van der Waals surface area contributed by atoms with Gasteiger partial charge in [-0.2, -0.15) is 0 Å². The lowest BCUT2D eigenvalue weighted by molar-refractivity contribution is -0.133. The molecule has 0 spiro atoms. The van der Waals surface area contributed by atoms with E-state index in [1.807, 2.05) is 23.1 Å². The Morgan fingerprint density at radius 2 is 2.14 bits per heavy atom. The SMILES string of the molecule is CCC1CN(C(=O)C2CC2c2ccccc2)CC/C1=N\O. The van der Waals surface area contributed by atoms with Crippen LogP contribution >= 0.6 is 0 Å².